The third-order valence-corrected chi connectivity index (χ3v) is 10.1. The highest BCUT2D eigenvalue weighted by molar-refractivity contribution is 6.42. The molecule has 0 spiro atoms. The fourth-order valence-electron chi connectivity index (χ4n) is 6.47. The molecule has 39 heavy (non-hydrogen) atoms. The Labute approximate surface area is 241 Å². The highest BCUT2D eigenvalue weighted by Crippen LogP contribution is 2.49. The van der Waals surface area contributed by atoms with Crippen molar-refractivity contribution in [3.05, 3.63) is 33.8 Å². The largest absolute Gasteiger partial charge is 0.449 e. The summed E-state index contributed by atoms with van der Waals surface area (Å²) < 4.78 is 11.0. The minimum absolute atomic E-state index is 0.0611. The van der Waals surface area contributed by atoms with E-state index in [1.165, 1.54) is 0 Å². The number of piperidine rings is 1. The zero-order chi connectivity index (χ0) is 27.8. The maximum Gasteiger partial charge on any atom is 0.426 e. The predicted molar refractivity (Wildman–Crippen MR) is 149 cm³/mol. The van der Waals surface area contributed by atoms with Crippen molar-refractivity contribution in [1.29, 1.82) is 0 Å². The summed E-state index contributed by atoms with van der Waals surface area (Å²) in [6.45, 7) is 5.55. The number of amides is 4. The van der Waals surface area contributed by atoms with E-state index in [0.29, 0.717) is 62.0 Å². The molecule has 8 nitrogen and oxygen atoms in total. The first-order valence-electron chi connectivity index (χ1n) is 14.3. The molecule has 1 aromatic rings. The van der Waals surface area contributed by atoms with Crippen molar-refractivity contribution in [2.75, 3.05) is 53.0 Å². The van der Waals surface area contributed by atoms with Gasteiger partial charge in [0.15, 0.2) is 0 Å². The molecule has 0 bridgehead atoms. The lowest BCUT2D eigenvalue weighted by atomic mass is 9.93. The highest BCUT2D eigenvalue weighted by Gasteiger charge is 2.61. The molecule has 214 valence electrons. The molecule has 10 heteroatoms. The number of hydrogen-bond acceptors (Lipinski definition) is 5. The second-order valence-corrected chi connectivity index (χ2v) is 12.9. The van der Waals surface area contributed by atoms with Crippen molar-refractivity contribution in [2.45, 2.75) is 63.8 Å². The van der Waals surface area contributed by atoms with Crippen molar-refractivity contribution in [3.8, 4) is 0 Å². The van der Waals surface area contributed by atoms with E-state index in [2.05, 4.69) is 0 Å². The van der Waals surface area contributed by atoms with Gasteiger partial charge in [-0.3, -0.25) is 4.90 Å². The number of rotatable bonds is 5. The van der Waals surface area contributed by atoms with Crippen LogP contribution < -0.4 is 0 Å². The van der Waals surface area contributed by atoms with Crippen molar-refractivity contribution in [1.82, 2.24) is 9.80 Å². The first-order valence-corrected chi connectivity index (χ1v) is 15.0. The van der Waals surface area contributed by atoms with Gasteiger partial charge in [0.05, 0.1) is 41.2 Å². The van der Waals surface area contributed by atoms with Crippen LogP contribution in [-0.2, 0) is 14.3 Å². The van der Waals surface area contributed by atoms with Crippen LogP contribution in [0.25, 0.3) is 0 Å². The van der Waals surface area contributed by atoms with Crippen LogP contribution in [0.1, 0.15) is 63.4 Å². The van der Waals surface area contributed by atoms with E-state index in [1.807, 2.05) is 19.1 Å². The lowest BCUT2D eigenvalue weighted by Gasteiger charge is -2.40. The average molecular weight is 582 g/mol. The van der Waals surface area contributed by atoms with Gasteiger partial charge in [0.25, 0.3) is 0 Å². The Morgan fingerprint density at radius 2 is 1.77 bits per heavy atom. The van der Waals surface area contributed by atoms with Crippen LogP contribution in [-0.4, -0.2) is 91.4 Å². The fourth-order valence-corrected chi connectivity index (χ4v) is 6.77. The van der Waals surface area contributed by atoms with Crippen molar-refractivity contribution in [3.63, 3.8) is 0 Å². The Bertz CT molecular complexity index is 1100. The predicted octanol–water partition coefficient (Wildman–Crippen LogP) is 5.70. The molecule has 3 heterocycles. The maximum absolute atomic E-state index is 14.3. The second-order valence-electron chi connectivity index (χ2n) is 12.1. The summed E-state index contributed by atoms with van der Waals surface area (Å²) in [5, 5.41) is 0.882. The van der Waals surface area contributed by atoms with E-state index < -0.39 is 11.5 Å². The van der Waals surface area contributed by atoms with Crippen LogP contribution in [0.2, 0.25) is 10.0 Å². The third kappa shape index (κ3) is 5.81. The average Bonchev–Trinajstić information content (AvgIpc) is 3.56. The smallest absolute Gasteiger partial charge is 0.426 e. The number of quaternary nitrogens is 1. The van der Waals surface area contributed by atoms with Gasteiger partial charge in [-0.2, -0.15) is 4.48 Å². The Kier molecular flexibility index (Phi) is 8.49. The van der Waals surface area contributed by atoms with E-state index in [-0.39, 0.29) is 28.4 Å². The highest BCUT2D eigenvalue weighted by atomic mass is 35.5. The summed E-state index contributed by atoms with van der Waals surface area (Å²) >= 11 is 12.6. The Hall–Kier alpha value is -1.87. The number of likely N-dealkylation sites (N-methyl/N-ethyl adjacent to an activating group) is 1. The van der Waals surface area contributed by atoms with Crippen molar-refractivity contribution in [2.24, 2.45) is 11.3 Å². The molecule has 5 rings (SSSR count). The Balaban J connectivity index is 1.38. The zero-order valence-corrected chi connectivity index (χ0v) is 24.5. The molecule has 2 atom stereocenters. The monoisotopic (exact) mass is 580 g/mol. The summed E-state index contributed by atoms with van der Waals surface area (Å²) in [4.78, 5) is 44.7. The first kappa shape index (κ1) is 28.7. The topological polar surface area (TPSA) is 76.2 Å². The molecule has 3 saturated heterocycles. The van der Waals surface area contributed by atoms with E-state index in [9.17, 15) is 14.4 Å². The standard InChI is InChI=1S/C29H40Cl2N3O5/c1-29(10-11-29)26(35)34(12-4-3-5-13-34)27(36)33-17-22(21-6-7-23(30)24(31)16-21)25(18-33)32(2)28(37)39-19-20-8-14-38-15-9-20/h6-7,16,20,22,25H,3-5,8-15,17-19H2,1-2H3/q+1/t22-,25+/m1/s1. The summed E-state index contributed by atoms with van der Waals surface area (Å²) in [5.41, 5.74) is 0.499. The lowest BCUT2D eigenvalue weighted by molar-refractivity contribution is -0.786. The summed E-state index contributed by atoms with van der Waals surface area (Å²) in [5.74, 6) is 0.161. The van der Waals surface area contributed by atoms with Crippen LogP contribution in [0.15, 0.2) is 18.2 Å². The number of nitrogens with zero attached hydrogens (tertiary/aromatic N) is 3. The number of carbonyl (C=O) groups is 3. The van der Waals surface area contributed by atoms with Gasteiger partial charge in [-0.05, 0) is 75.5 Å². The summed E-state index contributed by atoms with van der Waals surface area (Å²) in [6.07, 6.45) is 5.79. The molecule has 0 aromatic heterocycles. The van der Waals surface area contributed by atoms with E-state index in [1.54, 1.807) is 22.9 Å². The number of urea groups is 1. The number of ether oxygens (including phenoxy) is 2. The molecule has 3 aliphatic heterocycles. The maximum atomic E-state index is 14.3. The molecule has 1 saturated carbocycles. The van der Waals surface area contributed by atoms with Gasteiger partial charge in [0, 0.05) is 39.3 Å². The number of hydrogen-bond donors (Lipinski definition) is 0. The first-order chi connectivity index (χ1) is 18.6. The van der Waals surface area contributed by atoms with E-state index >= 15 is 0 Å². The molecule has 1 aliphatic carbocycles. The SMILES string of the molecule is CN(C(=O)OCC1CCOCC1)[C@H]1CN(C(=O)[N+]2(C(=O)C3(C)CC3)CCCCC2)C[C@@H]1c1ccc(Cl)c(Cl)c1. The van der Waals surface area contributed by atoms with E-state index in [0.717, 1.165) is 50.5 Å². The number of imide groups is 1. The lowest BCUT2D eigenvalue weighted by Crippen LogP contribution is -2.65. The zero-order valence-electron chi connectivity index (χ0n) is 23.0. The van der Waals surface area contributed by atoms with Crippen LogP contribution in [0, 0.1) is 11.3 Å². The summed E-state index contributed by atoms with van der Waals surface area (Å²) in [7, 11) is 1.73. The number of carbonyl (C=O) groups excluding carboxylic acids is 3. The van der Waals surface area contributed by atoms with Crippen molar-refractivity contribution >= 4 is 41.2 Å². The van der Waals surface area contributed by atoms with Crippen LogP contribution in [0.3, 0.4) is 0 Å². The molecule has 4 aliphatic rings. The quantitative estimate of drug-likeness (QED) is 0.417. The molecule has 0 unspecified atom stereocenters. The molecular formula is C29H40Cl2N3O5+. The molecule has 4 fully saturated rings. The van der Waals surface area contributed by atoms with Gasteiger partial charge in [0.2, 0.25) is 0 Å². The van der Waals surface area contributed by atoms with Gasteiger partial charge in [-0.1, -0.05) is 29.3 Å². The second kappa shape index (κ2) is 11.6. The molecule has 1 aromatic carbocycles. The number of halogens is 2. The molecule has 0 N–H and O–H groups in total. The molecule has 0 radical (unpaired) electrons. The van der Waals surface area contributed by atoms with E-state index in [4.69, 9.17) is 32.7 Å². The van der Waals surface area contributed by atoms with Gasteiger partial charge < -0.3 is 14.4 Å². The van der Waals surface area contributed by atoms with Gasteiger partial charge in [-0.25, -0.2) is 14.4 Å². The van der Waals surface area contributed by atoms with Gasteiger partial charge in [0.1, 0.15) is 0 Å². The van der Waals surface area contributed by atoms with Gasteiger partial charge >= 0.3 is 18.0 Å². The van der Waals surface area contributed by atoms with Gasteiger partial charge in [-0.15, -0.1) is 0 Å². The van der Waals surface area contributed by atoms with Crippen molar-refractivity contribution < 1.29 is 28.3 Å². The molecular weight excluding hydrogens is 541 g/mol. The normalized spacial score (nSPS) is 26.2. The number of likely N-dealkylation sites (tertiary alicyclic amines) is 2. The number of benzene rings is 1. The minimum atomic E-state index is -0.408. The minimum Gasteiger partial charge on any atom is -0.449 e. The Morgan fingerprint density at radius 3 is 2.41 bits per heavy atom. The summed E-state index contributed by atoms with van der Waals surface area (Å²) in [6, 6.07) is 5.01. The van der Waals surface area contributed by atoms with Crippen LogP contribution in [0.4, 0.5) is 9.59 Å². The fraction of sp³-hybridized carbons (Fsp3) is 0.690. The Morgan fingerprint density at radius 1 is 1.08 bits per heavy atom. The molecule has 4 amide bonds. The van der Waals surface area contributed by atoms with Crippen LogP contribution >= 0.6 is 23.2 Å². The van der Waals surface area contributed by atoms with Crippen LogP contribution in [0.5, 0.6) is 0 Å². The third-order valence-electron chi connectivity index (χ3n) is 9.35.